The molecule has 3 N–H and O–H groups in total. The Kier molecular flexibility index (Phi) is 69.2. The minimum atomic E-state index is -0.665. The van der Waals surface area contributed by atoms with Crippen LogP contribution in [0.4, 0.5) is 0 Å². The highest BCUT2D eigenvalue weighted by Crippen LogP contribution is 2.19. The van der Waals surface area contributed by atoms with Crippen LogP contribution in [0.25, 0.3) is 0 Å². The van der Waals surface area contributed by atoms with E-state index in [0.29, 0.717) is 12.8 Å². The summed E-state index contributed by atoms with van der Waals surface area (Å²) < 4.78 is 0. The molecule has 2 atom stereocenters. The molecule has 0 aliphatic carbocycles. The molecule has 0 heterocycles. The first-order valence-corrected chi connectivity index (χ1v) is 35.9. The van der Waals surface area contributed by atoms with E-state index in [1.165, 1.54) is 263 Å². The third-order valence-electron chi connectivity index (χ3n) is 16.4. The molecule has 0 bridgehead atoms. The molecule has 0 aromatic heterocycles. The molecule has 0 radical (unpaired) electrons. The number of rotatable bonds is 66. The molecular formula is C77H139NO3. The summed E-state index contributed by atoms with van der Waals surface area (Å²) in [6.45, 7) is 4.28. The number of unbranched alkanes of at least 4 members (excludes halogenated alkanes) is 43. The average molecular weight is 1130 g/mol. The summed E-state index contributed by atoms with van der Waals surface area (Å²) >= 11 is 0. The molecule has 1 amide bonds. The first-order valence-electron chi connectivity index (χ1n) is 35.9. The van der Waals surface area contributed by atoms with Crippen LogP contribution in [0, 0.1) is 0 Å². The van der Waals surface area contributed by atoms with Crippen molar-refractivity contribution in [2.45, 2.75) is 379 Å². The predicted octanol–water partition coefficient (Wildman–Crippen LogP) is 24.8. The van der Waals surface area contributed by atoms with E-state index in [0.717, 1.165) is 77.0 Å². The van der Waals surface area contributed by atoms with E-state index in [4.69, 9.17) is 0 Å². The van der Waals surface area contributed by atoms with Gasteiger partial charge in [-0.3, -0.25) is 4.79 Å². The highest BCUT2D eigenvalue weighted by Gasteiger charge is 2.20. The van der Waals surface area contributed by atoms with Crippen molar-refractivity contribution in [3.05, 3.63) is 97.2 Å². The number of hydrogen-bond donors (Lipinski definition) is 3. The summed E-state index contributed by atoms with van der Waals surface area (Å²) in [6.07, 6.45) is 106. The number of allylic oxidation sites excluding steroid dienone is 16. The molecule has 0 aliphatic rings. The maximum Gasteiger partial charge on any atom is 0.220 e. The molecular weight excluding hydrogens is 987 g/mol. The maximum absolute atomic E-state index is 12.6. The average Bonchev–Trinajstić information content (AvgIpc) is 3.47. The topological polar surface area (TPSA) is 69.6 Å². The van der Waals surface area contributed by atoms with E-state index >= 15 is 0 Å². The van der Waals surface area contributed by atoms with Gasteiger partial charge in [-0.1, -0.05) is 381 Å². The van der Waals surface area contributed by atoms with Crippen LogP contribution in [0.5, 0.6) is 0 Å². The van der Waals surface area contributed by atoms with E-state index in [9.17, 15) is 15.0 Å². The van der Waals surface area contributed by atoms with Gasteiger partial charge in [0.05, 0.1) is 18.8 Å². The van der Waals surface area contributed by atoms with Crippen molar-refractivity contribution >= 4 is 5.91 Å². The number of aliphatic hydroxyl groups excluding tert-OH is 2. The highest BCUT2D eigenvalue weighted by molar-refractivity contribution is 5.76. The zero-order chi connectivity index (χ0) is 58.4. The van der Waals surface area contributed by atoms with Gasteiger partial charge < -0.3 is 15.5 Å². The zero-order valence-electron chi connectivity index (χ0n) is 54.3. The van der Waals surface area contributed by atoms with E-state index in [1.807, 2.05) is 0 Å². The van der Waals surface area contributed by atoms with Gasteiger partial charge in [0.1, 0.15) is 0 Å². The zero-order valence-corrected chi connectivity index (χ0v) is 54.3. The lowest BCUT2D eigenvalue weighted by molar-refractivity contribution is -0.123. The third kappa shape index (κ3) is 68.0. The minimum Gasteiger partial charge on any atom is -0.394 e. The van der Waals surface area contributed by atoms with Gasteiger partial charge >= 0.3 is 0 Å². The molecule has 470 valence electrons. The number of amides is 1. The minimum absolute atomic E-state index is 0.0280. The lowest BCUT2D eigenvalue weighted by Crippen LogP contribution is -2.45. The smallest absolute Gasteiger partial charge is 0.220 e. The van der Waals surface area contributed by atoms with E-state index < -0.39 is 12.1 Å². The Balaban J connectivity index is 3.46. The second-order valence-electron chi connectivity index (χ2n) is 24.3. The molecule has 0 saturated heterocycles. The first-order chi connectivity index (χ1) is 40.2. The lowest BCUT2D eigenvalue weighted by Gasteiger charge is -2.22. The van der Waals surface area contributed by atoms with Crippen molar-refractivity contribution in [2.75, 3.05) is 6.61 Å². The monoisotopic (exact) mass is 1130 g/mol. The number of hydrogen-bond acceptors (Lipinski definition) is 3. The number of aliphatic hydroxyl groups is 2. The van der Waals surface area contributed by atoms with Crippen molar-refractivity contribution in [1.29, 1.82) is 0 Å². The van der Waals surface area contributed by atoms with Crippen molar-refractivity contribution in [3.8, 4) is 0 Å². The predicted molar refractivity (Wildman–Crippen MR) is 363 cm³/mol. The fraction of sp³-hybridized carbons (Fsp3) is 0.779. The Morgan fingerprint density at radius 2 is 0.543 bits per heavy atom. The van der Waals surface area contributed by atoms with Crippen molar-refractivity contribution in [1.82, 2.24) is 5.32 Å². The molecule has 0 aromatic carbocycles. The van der Waals surface area contributed by atoms with E-state index in [2.05, 4.69) is 116 Å². The second kappa shape index (κ2) is 71.6. The third-order valence-corrected chi connectivity index (χ3v) is 16.4. The van der Waals surface area contributed by atoms with Crippen LogP contribution < -0.4 is 5.32 Å². The first kappa shape index (κ1) is 78.3. The molecule has 0 aromatic rings. The van der Waals surface area contributed by atoms with E-state index in [-0.39, 0.29) is 12.5 Å². The fourth-order valence-electron chi connectivity index (χ4n) is 11.0. The molecule has 81 heavy (non-hydrogen) atoms. The molecule has 0 saturated carbocycles. The Bertz CT molecular complexity index is 1470. The summed E-state index contributed by atoms with van der Waals surface area (Å²) in [5, 5.41) is 23.5. The van der Waals surface area contributed by atoms with Crippen LogP contribution in [0.1, 0.15) is 367 Å². The van der Waals surface area contributed by atoms with Crippen LogP contribution in [0.2, 0.25) is 0 Å². The Morgan fingerprint density at radius 1 is 0.309 bits per heavy atom. The fourth-order valence-corrected chi connectivity index (χ4v) is 11.0. The van der Waals surface area contributed by atoms with Gasteiger partial charge in [0.15, 0.2) is 0 Å². The summed E-state index contributed by atoms with van der Waals surface area (Å²) in [5.74, 6) is -0.0280. The van der Waals surface area contributed by atoms with Crippen LogP contribution in [-0.2, 0) is 4.79 Å². The standard InChI is InChI=1S/C77H139NO3/c1-3-5-7-9-11-13-15-17-19-21-23-25-27-29-31-33-34-35-36-37-38-39-40-41-42-43-44-45-47-49-51-53-55-57-59-61-63-65-67-69-71-73-77(81)78-75(74-79)76(80)72-70-68-66-64-62-60-58-56-54-52-50-48-46-32-30-28-26-24-22-20-18-16-14-12-10-8-6-4-2/h5,7,11,13,17,19,23,25,29,31,34-35,37-38,40-41,75-76,79-80H,3-4,6,8-10,12,14-16,18,20-22,24,26-28,30,32-33,36,39,42-74H2,1-2H3,(H,78,81)/b7-5-,13-11-,19-17-,25-23-,31-29-,35-34-,38-37-,41-40-. The van der Waals surface area contributed by atoms with Gasteiger partial charge in [0.2, 0.25) is 5.91 Å². The van der Waals surface area contributed by atoms with Crippen molar-refractivity contribution < 1.29 is 15.0 Å². The summed E-state index contributed by atoms with van der Waals surface area (Å²) in [5.41, 5.74) is 0. The van der Waals surface area contributed by atoms with Crippen LogP contribution in [0.15, 0.2) is 97.2 Å². The Hall–Kier alpha value is -2.69. The van der Waals surface area contributed by atoms with Gasteiger partial charge in [-0.15, -0.1) is 0 Å². The largest absolute Gasteiger partial charge is 0.394 e. The van der Waals surface area contributed by atoms with Gasteiger partial charge in [-0.25, -0.2) is 0 Å². The van der Waals surface area contributed by atoms with Gasteiger partial charge in [0.25, 0.3) is 0 Å². The van der Waals surface area contributed by atoms with Crippen molar-refractivity contribution in [3.63, 3.8) is 0 Å². The summed E-state index contributed by atoms with van der Waals surface area (Å²) in [7, 11) is 0. The van der Waals surface area contributed by atoms with Gasteiger partial charge in [-0.2, -0.15) is 0 Å². The highest BCUT2D eigenvalue weighted by atomic mass is 16.3. The Labute approximate surface area is 506 Å². The van der Waals surface area contributed by atoms with E-state index in [1.54, 1.807) is 0 Å². The Morgan fingerprint density at radius 3 is 0.815 bits per heavy atom. The summed E-state index contributed by atoms with van der Waals surface area (Å²) in [4.78, 5) is 12.6. The molecule has 0 fully saturated rings. The quantitative estimate of drug-likeness (QED) is 0.0420. The van der Waals surface area contributed by atoms with Crippen molar-refractivity contribution in [2.24, 2.45) is 0 Å². The molecule has 4 heteroatoms. The normalized spacial score (nSPS) is 13.3. The maximum atomic E-state index is 12.6. The molecule has 0 rings (SSSR count). The number of nitrogens with one attached hydrogen (secondary N) is 1. The second-order valence-corrected chi connectivity index (χ2v) is 24.3. The summed E-state index contributed by atoms with van der Waals surface area (Å²) in [6, 6.07) is -0.542. The molecule has 2 unspecified atom stereocenters. The van der Waals surface area contributed by atoms with Gasteiger partial charge in [-0.05, 0) is 77.0 Å². The molecule has 4 nitrogen and oxygen atoms in total. The molecule has 0 spiro atoms. The van der Waals surface area contributed by atoms with Crippen LogP contribution in [-0.4, -0.2) is 34.9 Å². The SMILES string of the molecule is CC/C=C\C/C=C\C/C=C\C/C=C\C/C=C\C/C=C\C/C=C\C/C=C\CCCCCCCCCCCCCCCCCCC(=O)NC(CO)C(O)CCCCCCCCCCCCCCCCCCCCCCCCCCCCCC. The number of carbonyl (C=O) groups is 1. The van der Waals surface area contributed by atoms with Crippen LogP contribution in [0.3, 0.4) is 0 Å². The van der Waals surface area contributed by atoms with Crippen LogP contribution >= 0.6 is 0 Å². The van der Waals surface area contributed by atoms with Gasteiger partial charge in [0, 0.05) is 6.42 Å². The number of carbonyl (C=O) groups excluding carboxylic acids is 1. The lowest BCUT2D eigenvalue weighted by atomic mass is 10.0. The molecule has 0 aliphatic heterocycles.